The molecule has 8 heteroatoms. The Kier molecular flexibility index (Phi) is 6.74. The highest BCUT2D eigenvalue weighted by molar-refractivity contribution is 7.15. The molecule has 2 aromatic heterocycles. The second-order valence-corrected chi connectivity index (χ2v) is 9.61. The number of pyridine rings is 1. The number of benzene rings is 3. The van der Waals surface area contributed by atoms with Gasteiger partial charge in [0.25, 0.3) is 5.91 Å². The first kappa shape index (κ1) is 24.6. The summed E-state index contributed by atoms with van der Waals surface area (Å²) in [7, 11) is 1.28. The van der Waals surface area contributed by atoms with Crippen LogP contribution in [0.15, 0.2) is 78.2 Å². The maximum atomic E-state index is 13.8. The lowest BCUT2D eigenvalue weighted by Gasteiger charge is -2.15. The molecule has 0 saturated carbocycles. The summed E-state index contributed by atoms with van der Waals surface area (Å²) in [5.41, 5.74) is 4.67. The zero-order valence-electron chi connectivity index (χ0n) is 19.8. The van der Waals surface area contributed by atoms with Crippen LogP contribution >= 0.6 is 22.9 Å². The van der Waals surface area contributed by atoms with E-state index in [0.717, 1.165) is 5.56 Å². The summed E-state index contributed by atoms with van der Waals surface area (Å²) in [4.78, 5) is 31.4. The van der Waals surface area contributed by atoms with Crippen LogP contribution in [-0.4, -0.2) is 24.0 Å². The van der Waals surface area contributed by atoms with Crippen molar-refractivity contribution in [1.82, 2.24) is 4.98 Å². The molecule has 0 radical (unpaired) electrons. The quantitative estimate of drug-likeness (QED) is 0.236. The molecule has 1 amide bonds. The first-order valence-electron chi connectivity index (χ1n) is 11.3. The molecule has 0 spiro atoms. The second-order valence-electron chi connectivity index (χ2n) is 8.29. The fourth-order valence-electron chi connectivity index (χ4n) is 4.25. The third-order valence-corrected chi connectivity index (χ3v) is 7.19. The SMILES string of the molecule is COC(=O)c1c(-c2ccc(F)cc2)csc1NC(=O)c1c(C)c(-c2ccc(Cl)cc2)nc2ccccc12. The molecule has 2 heterocycles. The Hall–Kier alpha value is -4.07. The molecule has 5 aromatic rings. The molecule has 0 atom stereocenters. The monoisotopic (exact) mass is 530 g/mol. The van der Waals surface area contributed by atoms with Crippen molar-refractivity contribution in [1.29, 1.82) is 0 Å². The number of methoxy groups -OCH3 is 1. The third-order valence-electron chi connectivity index (χ3n) is 6.04. The van der Waals surface area contributed by atoms with E-state index in [9.17, 15) is 14.0 Å². The number of rotatable bonds is 5. The number of fused-ring (bicyclic) bond motifs is 1. The molecule has 0 aliphatic carbocycles. The van der Waals surface area contributed by atoms with Gasteiger partial charge >= 0.3 is 5.97 Å². The Morgan fingerprint density at radius 2 is 1.62 bits per heavy atom. The van der Waals surface area contributed by atoms with Gasteiger partial charge in [0.2, 0.25) is 0 Å². The lowest BCUT2D eigenvalue weighted by Crippen LogP contribution is -2.17. The van der Waals surface area contributed by atoms with Gasteiger partial charge in [-0.25, -0.2) is 14.2 Å². The number of anilines is 1. The van der Waals surface area contributed by atoms with Gasteiger partial charge in [0.15, 0.2) is 0 Å². The Morgan fingerprint density at radius 1 is 0.946 bits per heavy atom. The van der Waals surface area contributed by atoms with Crippen molar-refractivity contribution in [3.8, 4) is 22.4 Å². The molecule has 1 N–H and O–H groups in total. The van der Waals surface area contributed by atoms with Crippen LogP contribution in [0.1, 0.15) is 26.3 Å². The van der Waals surface area contributed by atoms with Crippen LogP contribution < -0.4 is 5.32 Å². The zero-order chi connectivity index (χ0) is 26.1. The molecular formula is C29H20ClFN2O3S. The van der Waals surface area contributed by atoms with Gasteiger partial charge in [0.1, 0.15) is 16.4 Å². The molecule has 0 unspecified atom stereocenters. The number of hydrogen-bond donors (Lipinski definition) is 1. The minimum absolute atomic E-state index is 0.210. The van der Waals surface area contributed by atoms with E-state index in [2.05, 4.69) is 5.32 Å². The van der Waals surface area contributed by atoms with Gasteiger partial charge in [0.05, 0.1) is 23.9 Å². The summed E-state index contributed by atoms with van der Waals surface area (Å²) in [5.74, 6) is -1.37. The minimum Gasteiger partial charge on any atom is -0.465 e. The Bertz CT molecular complexity index is 1650. The average molecular weight is 531 g/mol. The molecule has 0 aliphatic rings. The normalized spacial score (nSPS) is 10.9. The van der Waals surface area contributed by atoms with Crippen LogP contribution in [0, 0.1) is 12.7 Å². The van der Waals surface area contributed by atoms with Gasteiger partial charge in [0, 0.05) is 26.9 Å². The van der Waals surface area contributed by atoms with E-state index in [-0.39, 0.29) is 17.3 Å². The number of esters is 1. The first-order valence-corrected chi connectivity index (χ1v) is 12.6. The molecule has 0 bridgehead atoms. The average Bonchev–Trinajstić information content (AvgIpc) is 3.32. The van der Waals surface area contributed by atoms with Crippen molar-refractivity contribution in [2.45, 2.75) is 6.92 Å². The van der Waals surface area contributed by atoms with Crippen molar-refractivity contribution >= 4 is 50.7 Å². The van der Waals surface area contributed by atoms with E-state index in [0.29, 0.717) is 48.9 Å². The number of halogens is 2. The molecule has 0 saturated heterocycles. The smallest absolute Gasteiger partial charge is 0.341 e. The van der Waals surface area contributed by atoms with Crippen molar-refractivity contribution in [3.63, 3.8) is 0 Å². The molecule has 0 fully saturated rings. The highest BCUT2D eigenvalue weighted by Gasteiger charge is 2.25. The van der Waals surface area contributed by atoms with E-state index in [1.807, 2.05) is 43.3 Å². The fourth-order valence-corrected chi connectivity index (χ4v) is 5.33. The Balaban J connectivity index is 1.62. The number of nitrogens with zero attached hydrogens (tertiary/aromatic N) is 1. The number of carbonyl (C=O) groups excluding carboxylic acids is 2. The Morgan fingerprint density at radius 3 is 2.32 bits per heavy atom. The molecule has 5 rings (SSSR count). The largest absolute Gasteiger partial charge is 0.465 e. The van der Waals surface area contributed by atoms with E-state index < -0.39 is 5.97 Å². The van der Waals surface area contributed by atoms with Crippen molar-refractivity contribution in [3.05, 3.63) is 106 Å². The molecule has 3 aromatic carbocycles. The maximum Gasteiger partial charge on any atom is 0.341 e. The number of aromatic nitrogens is 1. The van der Waals surface area contributed by atoms with Gasteiger partial charge in [-0.15, -0.1) is 11.3 Å². The number of para-hydroxylation sites is 1. The minimum atomic E-state index is -0.603. The van der Waals surface area contributed by atoms with Crippen LogP contribution in [0.2, 0.25) is 5.02 Å². The second kappa shape index (κ2) is 10.1. The Labute approximate surface area is 221 Å². The molecule has 5 nitrogen and oxygen atoms in total. The summed E-state index contributed by atoms with van der Waals surface area (Å²) in [6.07, 6.45) is 0. The van der Waals surface area contributed by atoms with Crippen LogP contribution in [0.4, 0.5) is 9.39 Å². The van der Waals surface area contributed by atoms with Gasteiger partial charge in [-0.2, -0.15) is 0 Å². The summed E-state index contributed by atoms with van der Waals surface area (Å²) in [6, 6.07) is 20.5. The van der Waals surface area contributed by atoms with Crippen molar-refractivity contribution in [2.24, 2.45) is 0 Å². The number of amides is 1. The van der Waals surface area contributed by atoms with Gasteiger partial charge in [-0.05, 0) is 48.4 Å². The molecular weight excluding hydrogens is 511 g/mol. The van der Waals surface area contributed by atoms with E-state index >= 15 is 0 Å². The van der Waals surface area contributed by atoms with Gasteiger partial charge < -0.3 is 10.1 Å². The van der Waals surface area contributed by atoms with Gasteiger partial charge in [-0.3, -0.25) is 4.79 Å². The van der Waals surface area contributed by atoms with E-state index in [1.165, 1.54) is 30.6 Å². The predicted molar refractivity (Wildman–Crippen MR) is 146 cm³/mol. The number of nitrogens with one attached hydrogen (secondary N) is 1. The van der Waals surface area contributed by atoms with Crippen LogP contribution in [0.5, 0.6) is 0 Å². The van der Waals surface area contributed by atoms with E-state index in [1.54, 1.807) is 29.6 Å². The molecule has 0 aliphatic heterocycles. The summed E-state index contributed by atoms with van der Waals surface area (Å²) < 4.78 is 18.5. The number of ether oxygens (including phenoxy) is 1. The standard InChI is InChI=1S/C29H20ClFN2O3S/c1-16-24(21-5-3-4-6-23(21)32-26(16)18-7-11-19(30)12-8-18)27(34)33-28-25(29(35)36-2)22(15-37-28)17-9-13-20(31)14-10-17/h3-15H,1-2H3,(H,33,34). The topological polar surface area (TPSA) is 68.3 Å². The van der Waals surface area contributed by atoms with Crippen LogP contribution in [0.25, 0.3) is 33.3 Å². The lowest BCUT2D eigenvalue weighted by atomic mass is 9.97. The highest BCUT2D eigenvalue weighted by atomic mass is 35.5. The predicted octanol–water partition coefficient (Wildman–Crippen LogP) is 7.77. The van der Waals surface area contributed by atoms with E-state index in [4.69, 9.17) is 21.3 Å². The first-order chi connectivity index (χ1) is 17.9. The number of thiophene rings is 1. The third kappa shape index (κ3) is 4.71. The summed E-state index contributed by atoms with van der Waals surface area (Å²) in [6.45, 7) is 1.85. The highest BCUT2D eigenvalue weighted by Crippen LogP contribution is 2.37. The van der Waals surface area contributed by atoms with Crippen molar-refractivity contribution < 1.29 is 18.7 Å². The van der Waals surface area contributed by atoms with Crippen LogP contribution in [0.3, 0.4) is 0 Å². The molecule has 37 heavy (non-hydrogen) atoms. The summed E-state index contributed by atoms with van der Waals surface area (Å²) in [5, 5.41) is 6.29. The van der Waals surface area contributed by atoms with Crippen molar-refractivity contribution in [2.75, 3.05) is 12.4 Å². The fraction of sp³-hybridized carbons (Fsp3) is 0.0690. The number of hydrogen-bond acceptors (Lipinski definition) is 5. The lowest BCUT2D eigenvalue weighted by molar-refractivity contribution is 0.0603. The zero-order valence-corrected chi connectivity index (χ0v) is 21.4. The van der Waals surface area contributed by atoms with Gasteiger partial charge in [-0.1, -0.05) is 54.1 Å². The maximum absolute atomic E-state index is 13.8. The summed E-state index contributed by atoms with van der Waals surface area (Å²) >= 11 is 7.27. The molecule has 184 valence electrons. The van der Waals surface area contributed by atoms with Crippen LogP contribution in [-0.2, 0) is 4.74 Å². The number of carbonyl (C=O) groups is 2.